The molecular formula is C17H15ClN2O3. The fraction of sp³-hybridized carbons (Fsp3) is 0.176. The van der Waals surface area contributed by atoms with Crippen molar-refractivity contribution in [1.82, 2.24) is 10.9 Å². The van der Waals surface area contributed by atoms with Crippen LogP contribution in [0.1, 0.15) is 11.1 Å². The summed E-state index contributed by atoms with van der Waals surface area (Å²) in [5, 5.41) is 0.611. The summed E-state index contributed by atoms with van der Waals surface area (Å²) >= 11 is 5.79. The van der Waals surface area contributed by atoms with Gasteiger partial charge in [0, 0.05) is 11.4 Å². The van der Waals surface area contributed by atoms with Crippen molar-refractivity contribution in [2.45, 2.75) is 18.9 Å². The van der Waals surface area contributed by atoms with Crippen LogP contribution in [0.25, 0.3) is 0 Å². The molecular weight excluding hydrogens is 316 g/mol. The number of para-hydroxylation sites is 1. The van der Waals surface area contributed by atoms with Crippen LogP contribution in [0.4, 0.5) is 0 Å². The smallest absolute Gasteiger partial charge is 0.279 e. The highest BCUT2D eigenvalue weighted by Crippen LogP contribution is 2.27. The molecule has 0 saturated heterocycles. The zero-order valence-electron chi connectivity index (χ0n) is 12.2. The molecule has 0 saturated carbocycles. The largest absolute Gasteiger partial charge is 0.480 e. The van der Waals surface area contributed by atoms with Gasteiger partial charge in [-0.2, -0.15) is 0 Å². The van der Waals surface area contributed by atoms with E-state index in [1.807, 2.05) is 24.3 Å². The minimum absolute atomic E-state index is 0.156. The van der Waals surface area contributed by atoms with Crippen LogP contribution >= 0.6 is 11.6 Å². The van der Waals surface area contributed by atoms with Crippen molar-refractivity contribution in [3.63, 3.8) is 0 Å². The number of hydrogen-bond donors (Lipinski definition) is 2. The van der Waals surface area contributed by atoms with Crippen LogP contribution in [0.15, 0.2) is 48.5 Å². The highest BCUT2D eigenvalue weighted by molar-refractivity contribution is 6.30. The maximum absolute atomic E-state index is 12.0. The molecule has 2 N–H and O–H groups in total. The molecule has 3 rings (SSSR count). The molecule has 1 atom stereocenters. The minimum Gasteiger partial charge on any atom is -0.480 e. The van der Waals surface area contributed by atoms with Gasteiger partial charge in [-0.15, -0.1) is 0 Å². The van der Waals surface area contributed by atoms with E-state index in [2.05, 4.69) is 10.9 Å². The van der Waals surface area contributed by atoms with Crippen LogP contribution < -0.4 is 15.6 Å². The molecule has 0 fully saturated rings. The SMILES string of the molecule is O=C(Cc1ccc(Cl)cc1)NNC(=O)[C@@H]1Cc2ccccc2O1. The molecule has 0 unspecified atom stereocenters. The van der Waals surface area contributed by atoms with Gasteiger partial charge in [-0.3, -0.25) is 20.4 Å². The molecule has 23 heavy (non-hydrogen) atoms. The Morgan fingerprint density at radius 2 is 1.83 bits per heavy atom. The molecule has 1 heterocycles. The average molecular weight is 331 g/mol. The van der Waals surface area contributed by atoms with E-state index >= 15 is 0 Å². The van der Waals surface area contributed by atoms with Crippen LogP contribution in [0.5, 0.6) is 5.75 Å². The molecule has 1 aliphatic rings. The lowest BCUT2D eigenvalue weighted by atomic mass is 10.1. The van der Waals surface area contributed by atoms with Crippen LogP contribution in [0.3, 0.4) is 0 Å². The summed E-state index contributed by atoms with van der Waals surface area (Å²) in [4.78, 5) is 23.9. The van der Waals surface area contributed by atoms with Gasteiger partial charge in [0.05, 0.1) is 6.42 Å². The lowest BCUT2D eigenvalue weighted by molar-refractivity contribution is -0.132. The zero-order valence-corrected chi connectivity index (χ0v) is 13.0. The van der Waals surface area contributed by atoms with Gasteiger partial charge in [0.25, 0.3) is 5.91 Å². The number of fused-ring (bicyclic) bond motifs is 1. The van der Waals surface area contributed by atoms with Crippen molar-refractivity contribution in [2.24, 2.45) is 0 Å². The summed E-state index contributed by atoms with van der Waals surface area (Å²) < 4.78 is 5.55. The lowest BCUT2D eigenvalue weighted by Gasteiger charge is -2.12. The number of ether oxygens (including phenoxy) is 1. The lowest BCUT2D eigenvalue weighted by Crippen LogP contribution is -2.48. The van der Waals surface area contributed by atoms with Gasteiger partial charge in [-0.05, 0) is 29.3 Å². The van der Waals surface area contributed by atoms with Crippen molar-refractivity contribution in [1.29, 1.82) is 0 Å². The molecule has 0 spiro atoms. The first kappa shape index (κ1) is 15.4. The Labute approximate surface area is 138 Å². The van der Waals surface area contributed by atoms with E-state index in [4.69, 9.17) is 16.3 Å². The van der Waals surface area contributed by atoms with Gasteiger partial charge in [-0.25, -0.2) is 0 Å². The molecule has 0 aromatic heterocycles. The summed E-state index contributed by atoms with van der Waals surface area (Å²) in [5.41, 5.74) is 6.60. The summed E-state index contributed by atoms with van der Waals surface area (Å²) in [6.45, 7) is 0. The van der Waals surface area contributed by atoms with E-state index in [1.165, 1.54) is 0 Å². The Bertz CT molecular complexity index is 706. The van der Waals surface area contributed by atoms with E-state index in [0.29, 0.717) is 17.2 Å². The highest BCUT2D eigenvalue weighted by Gasteiger charge is 2.28. The molecule has 5 nitrogen and oxygen atoms in total. The molecule has 0 aliphatic carbocycles. The van der Waals surface area contributed by atoms with Gasteiger partial charge in [0.2, 0.25) is 5.91 Å². The third-order valence-corrected chi connectivity index (χ3v) is 3.79. The quantitative estimate of drug-likeness (QED) is 0.846. The van der Waals surface area contributed by atoms with Crippen LogP contribution in [-0.2, 0) is 22.4 Å². The van der Waals surface area contributed by atoms with Gasteiger partial charge in [0.15, 0.2) is 6.10 Å². The maximum atomic E-state index is 12.0. The van der Waals surface area contributed by atoms with Crippen molar-refractivity contribution in [3.05, 3.63) is 64.7 Å². The fourth-order valence-corrected chi connectivity index (χ4v) is 2.50. The van der Waals surface area contributed by atoms with Gasteiger partial charge >= 0.3 is 0 Å². The molecule has 0 radical (unpaired) electrons. The molecule has 6 heteroatoms. The number of amides is 2. The van der Waals surface area contributed by atoms with Gasteiger partial charge < -0.3 is 4.74 Å². The number of rotatable bonds is 3. The van der Waals surface area contributed by atoms with Crippen LogP contribution in [0, 0.1) is 0 Å². The van der Waals surface area contributed by atoms with E-state index in [1.54, 1.807) is 24.3 Å². The summed E-state index contributed by atoms with van der Waals surface area (Å²) in [6.07, 6.45) is 0.0290. The second kappa shape index (κ2) is 6.71. The predicted octanol–water partition coefficient (Wildman–Crippen LogP) is 2.03. The van der Waals surface area contributed by atoms with E-state index in [-0.39, 0.29) is 18.2 Å². The second-order valence-corrected chi connectivity index (χ2v) is 5.70. The van der Waals surface area contributed by atoms with Crippen molar-refractivity contribution < 1.29 is 14.3 Å². The Morgan fingerprint density at radius 3 is 2.57 bits per heavy atom. The molecule has 2 aromatic carbocycles. The van der Waals surface area contributed by atoms with Crippen LogP contribution in [-0.4, -0.2) is 17.9 Å². The monoisotopic (exact) mass is 330 g/mol. The van der Waals surface area contributed by atoms with Gasteiger partial charge in [-0.1, -0.05) is 41.9 Å². The third-order valence-electron chi connectivity index (χ3n) is 3.54. The number of carbonyl (C=O) groups excluding carboxylic acids is 2. The average Bonchev–Trinajstić information content (AvgIpc) is 2.99. The molecule has 2 aromatic rings. The fourth-order valence-electron chi connectivity index (χ4n) is 2.37. The summed E-state index contributed by atoms with van der Waals surface area (Å²) in [5.74, 6) is 0.0296. The Hall–Kier alpha value is -2.53. The first-order chi connectivity index (χ1) is 11.1. The number of benzene rings is 2. The normalized spacial score (nSPS) is 15.4. The molecule has 118 valence electrons. The first-order valence-corrected chi connectivity index (χ1v) is 7.57. The standard InChI is InChI=1S/C17H15ClN2O3/c18-13-7-5-11(6-8-13)9-16(21)19-20-17(22)15-10-12-3-1-2-4-14(12)23-15/h1-8,15H,9-10H2,(H,19,21)(H,20,22)/t15-/m0/s1. The first-order valence-electron chi connectivity index (χ1n) is 7.19. The predicted molar refractivity (Wildman–Crippen MR) is 86.0 cm³/mol. The Morgan fingerprint density at radius 1 is 1.09 bits per heavy atom. The zero-order chi connectivity index (χ0) is 16.2. The number of halogens is 1. The maximum Gasteiger partial charge on any atom is 0.279 e. The van der Waals surface area contributed by atoms with Crippen LogP contribution in [0.2, 0.25) is 5.02 Å². The van der Waals surface area contributed by atoms with E-state index < -0.39 is 6.10 Å². The Kier molecular flexibility index (Phi) is 4.48. The summed E-state index contributed by atoms with van der Waals surface area (Å²) in [6, 6.07) is 14.5. The molecule has 2 amide bonds. The number of hydrogen-bond acceptors (Lipinski definition) is 3. The van der Waals surface area contributed by atoms with Crippen molar-refractivity contribution >= 4 is 23.4 Å². The van der Waals surface area contributed by atoms with E-state index in [9.17, 15) is 9.59 Å². The molecule has 1 aliphatic heterocycles. The summed E-state index contributed by atoms with van der Waals surface area (Å²) in [7, 11) is 0. The third kappa shape index (κ3) is 3.81. The number of hydrazine groups is 1. The molecule has 0 bridgehead atoms. The topological polar surface area (TPSA) is 67.4 Å². The Balaban J connectivity index is 1.48. The van der Waals surface area contributed by atoms with Crippen molar-refractivity contribution in [2.75, 3.05) is 0 Å². The highest BCUT2D eigenvalue weighted by atomic mass is 35.5. The van der Waals surface area contributed by atoms with Crippen molar-refractivity contribution in [3.8, 4) is 5.75 Å². The second-order valence-electron chi connectivity index (χ2n) is 5.26. The number of carbonyl (C=O) groups is 2. The minimum atomic E-state index is -0.622. The van der Waals surface area contributed by atoms with E-state index in [0.717, 1.165) is 11.1 Å². The van der Waals surface area contributed by atoms with Gasteiger partial charge in [0.1, 0.15) is 5.75 Å². The number of nitrogens with one attached hydrogen (secondary N) is 2.